The number of hydrogen-bond donors (Lipinski definition) is 3. The van der Waals surface area contributed by atoms with Gasteiger partial charge in [0.15, 0.2) is 23.1 Å². The fourth-order valence-electron chi connectivity index (χ4n) is 3.56. The first kappa shape index (κ1) is 25.4. The maximum Gasteiger partial charge on any atom is 0.343 e. The van der Waals surface area contributed by atoms with Gasteiger partial charge in [0.2, 0.25) is 17.0 Å². The predicted octanol–water partition coefficient (Wildman–Crippen LogP) is 5.22. The highest BCUT2D eigenvalue weighted by Crippen LogP contribution is 2.37. The van der Waals surface area contributed by atoms with Gasteiger partial charge in [-0.2, -0.15) is 19.7 Å². The van der Waals surface area contributed by atoms with E-state index in [1.807, 2.05) is 54.6 Å². The number of nitrogens with one attached hydrogen (secondary N) is 3. The molecule has 13 nitrogen and oxygen atoms in total. The molecule has 0 atom stereocenters. The second kappa shape index (κ2) is 11.0. The Kier molecular flexibility index (Phi) is 7.18. The SMILES string of the molecule is CNc1nc(NC(C)=O)nc(Nc2ccccc2)c1/N=N/c1c(C(=O)OC)cnn1-c1nc2ccccc2s1. The van der Waals surface area contributed by atoms with E-state index in [2.05, 4.69) is 46.2 Å². The molecule has 0 unspecified atom stereocenters. The number of azo groups is 1. The molecule has 3 heterocycles. The van der Waals surface area contributed by atoms with Crippen molar-refractivity contribution in [3.8, 4) is 5.13 Å². The highest BCUT2D eigenvalue weighted by atomic mass is 32.1. The Morgan fingerprint density at radius 3 is 2.44 bits per heavy atom. The molecule has 0 aliphatic rings. The molecule has 0 spiro atoms. The monoisotopic (exact) mass is 542 g/mol. The molecular formula is C25H22N10O3S. The minimum atomic E-state index is -0.634. The number of ether oxygens (including phenoxy) is 1. The van der Waals surface area contributed by atoms with E-state index < -0.39 is 5.97 Å². The normalized spacial score (nSPS) is 11.1. The van der Waals surface area contributed by atoms with Crippen LogP contribution in [-0.4, -0.2) is 50.8 Å². The van der Waals surface area contributed by atoms with E-state index in [-0.39, 0.29) is 40.6 Å². The smallest absolute Gasteiger partial charge is 0.343 e. The van der Waals surface area contributed by atoms with Gasteiger partial charge in [-0.3, -0.25) is 10.1 Å². The number of para-hydroxylation sites is 2. The third-order valence-electron chi connectivity index (χ3n) is 5.30. The molecule has 5 aromatic rings. The molecule has 3 aromatic heterocycles. The van der Waals surface area contributed by atoms with E-state index in [4.69, 9.17) is 4.74 Å². The Balaban J connectivity index is 1.64. The van der Waals surface area contributed by atoms with Crippen LogP contribution in [0.4, 0.5) is 34.8 Å². The summed E-state index contributed by atoms with van der Waals surface area (Å²) in [6.45, 7) is 1.36. The van der Waals surface area contributed by atoms with Crippen molar-refractivity contribution < 1.29 is 14.3 Å². The molecule has 5 rings (SSSR count). The van der Waals surface area contributed by atoms with Crippen LogP contribution in [0.5, 0.6) is 0 Å². The molecule has 0 aliphatic heterocycles. The van der Waals surface area contributed by atoms with Gasteiger partial charge in [-0.15, -0.1) is 10.2 Å². The summed E-state index contributed by atoms with van der Waals surface area (Å²) < 4.78 is 7.31. The third kappa shape index (κ3) is 5.40. The molecule has 14 heteroatoms. The first-order valence-corrected chi connectivity index (χ1v) is 12.4. The van der Waals surface area contributed by atoms with Crippen LogP contribution >= 0.6 is 11.3 Å². The number of methoxy groups -OCH3 is 1. The second-order valence-corrected chi connectivity index (χ2v) is 8.97. The number of nitrogens with zero attached hydrogens (tertiary/aromatic N) is 7. The van der Waals surface area contributed by atoms with Gasteiger partial charge in [-0.25, -0.2) is 9.78 Å². The summed E-state index contributed by atoms with van der Waals surface area (Å²) >= 11 is 1.39. The lowest BCUT2D eigenvalue weighted by Gasteiger charge is -2.13. The molecule has 0 bridgehead atoms. The number of rotatable bonds is 8. The number of esters is 1. The van der Waals surface area contributed by atoms with E-state index in [1.54, 1.807) is 7.05 Å². The number of aromatic nitrogens is 5. The molecule has 39 heavy (non-hydrogen) atoms. The van der Waals surface area contributed by atoms with Gasteiger partial charge in [0, 0.05) is 19.7 Å². The van der Waals surface area contributed by atoms with Crippen molar-refractivity contribution in [2.45, 2.75) is 6.92 Å². The van der Waals surface area contributed by atoms with E-state index in [9.17, 15) is 9.59 Å². The lowest BCUT2D eigenvalue weighted by molar-refractivity contribution is -0.114. The lowest BCUT2D eigenvalue weighted by Crippen LogP contribution is -2.11. The van der Waals surface area contributed by atoms with Crippen LogP contribution in [-0.2, 0) is 9.53 Å². The van der Waals surface area contributed by atoms with E-state index in [0.717, 1.165) is 15.9 Å². The molecule has 3 N–H and O–H groups in total. The summed E-state index contributed by atoms with van der Waals surface area (Å²) in [5.41, 5.74) is 1.82. The van der Waals surface area contributed by atoms with Crippen LogP contribution in [0, 0.1) is 0 Å². The zero-order valence-electron chi connectivity index (χ0n) is 21.0. The number of benzene rings is 2. The molecule has 1 amide bonds. The van der Waals surface area contributed by atoms with Crippen molar-refractivity contribution >= 4 is 68.2 Å². The predicted molar refractivity (Wildman–Crippen MR) is 148 cm³/mol. The van der Waals surface area contributed by atoms with Crippen molar-refractivity contribution in [2.24, 2.45) is 10.2 Å². The molecule has 0 saturated carbocycles. The van der Waals surface area contributed by atoms with Crippen molar-refractivity contribution in [3.63, 3.8) is 0 Å². The molecule has 0 saturated heterocycles. The number of hydrogen-bond acceptors (Lipinski definition) is 12. The van der Waals surface area contributed by atoms with Crippen LogP contribution < -0.4 is 16.0 Å². The number of thiazole rings is 1. The first-order valence-electron chi connectivity index (χ1n) is 11.6. The number of carbonyl (C=O) groups is 2. The molecule has 2 aromatic carbocycles. The lowest BCUT2D eigenvalue weighted by atomic mass is 10.3. The van der Waals surface area contributed by atoms with Crippen LogP contribution in [0.25, 0.3) is 15.3 Å². The minimum absolute atomic E-state index is 0.0685. The molecule has 0 fully saturated rings. The summed E-state index contributed by atoms with van der Waals surface area (Å²) in [5, 5.41) is 22.4. The molecule has 196 valence electrons. The summed E-state index contributed by atoms with van der Waals surface area (Å²) in [7, 11) is 2.92. The number of carbonyl (C=O) groups excluding carboxylic acids is 2. The van der Waals surface area contributed by atoms with Crippen LogP contribution in [0.15, 0.2) is 71.0 Å². The van der Waals surface area contributed by atoms with Crippen LogP contribution in [0.2, 0.25) is 0 Å². The first-order chi connectivity index (χ1) is 19.0. The zero-order chi connectivity index (χ0) is 27.4. The van der Waals surface area contributed by atoms with Gasteiger partial charge >= 0.3 is 5.97 Å². The standard InChI is InChI=1S/C25H22N10O3S/c1-14(36)28-24-31-20(26-2)19(21(32-24)29-15-9-5-4-6-10-15)33-34-22-16(23(37)38-3)13-27-35(22)25-30-17-11-7-8-12-18(17)39-25/h4-13H,1-3H3,(H3,26,28,29,31,32,36)/b34-33+. The Morgan fingerprint density at radius 2 is 1.72 bits per heavy atom. The van der Waals surface area contributed by atoms with Gasteiger partial charge in [-0.1, -0.05) is 41.7 Å². The van der Waals surface area contributed by atoms with E-state index in [1.165, 1.54) is 36.2 Å². The third-order valence-corrected chi connectivity index (χ3v) is 6.31. The van der Waals surface area contributed by atoms with Gasteiger partial charge in [-0.05, 0) is 24.3 Å². The van der Waals surface area contributed by atoms with Gasteiger partial charge in [0.25, 0.3) is 0 Å². The average Bonchev–Trinajstić information content (AvgIpc) is 3.56. The average molecular weight is 543 g/mol. The number of fused-ring (bicyclic) bond motifs is 1. The summed E-state index contributed by atoms with van der Waals surface area (Å²) in [6.07, 6.45) is 1.35. The van der Waals surface area contributed by atoms with Crippen LogP contribution in [0.3, 0.4) is 0 Å². The largest absolute Gasteiger partial charge is 0.465 e. The minimum Gasteiger partial charge on any atom is -0.465 e. The maximum atomic E-state index is 12.6. The van der Waals surface area contributed by atoms with Crippen molar-refractivity contribution in [3.05, 3.63) is 66.4 Å². The maximum absolute atomic E-state index is 12.6. The Hall–Kier alpha value is -5.24. The number of anilines is 4. The summed E-state index contributed by atoms with van der Waals surface area (Å²) in [4.78, 5) is 37.6. The highest BCUT2D eigenvalue weighted by Gasteiger charge is 2.22. The Bertz CT molecular complexity index is 1660. The van der Waals surface area contributed by atoms with Crippen molar-refractivity contribution in [2.75, 3.05) is 30.1 Å². The molecule has 0 radical (unpaired) electrons. The highest BCUT2D eigenvalue weighted by molar-refractivity contribution is 7.20. The topological polar surface area (TPSA) is 161 Å². The summed E-state index contributed by atoms with van der Waals surface area (Å²) in [5.74, 6) is -0.247. The second-order valence-electron chi connectivity index (χ2n) is 7.96. The fraction of sp³-hybridized carbons (Fsp3) is 0.120. The van der Waals surface area contributed by atoms with Crippen molar-refractivity contribution in [1.29, 1.82) is 0 Å². The fourth-order valence-corrected chi connectivity index (χ4v) is 4.49. The van der Waals surface area contributed by atoms with E-state index >= 15 is 0 Å². The molecular weight excluding hydrogens is 520 g/mol. The Morgan fingerprint density at radius 1 is 0.974 bits per heavy atom. The van der Waals surface area contributed by atoms with Gasteiger partial charge in [0.1, 0.15) is 5.56 Å². The van der Waals surface area contributed by atoms with Gasteiger partial charge in [0.05, 0.1) is 23.5 Å². The van der Waals surface area contributed by atoms with Crippen LogP contribution in [0.1, 0.15) is 17.3 Å². The van der Waals surface area contributed by atoms with Crippen molar-refractivity contribution in [1.82, 2.24) is 24.7 Å². The summed E-state index contributed by atoms with van der Waals surface area (Å²) in [6, 6.07) is 16.9. The Labute approximate surface area is 226 Å². The zero-order valence-corrected chi connectivity index (χ0v) is 21.9. The van der Waals surface area contributed by atoms with E-state index in [0.29, 0.717) is 5.13 Å². The molecule has 0 aliphatic carbocycles. The van der Waals surface area contributed by atoms with Gasteiger partial charge < -0.3 is 15.4 Å². The number of amides is 1. The quantitative estimate of drug-likeness (QED) is 0.176.